The zero-order valence-electron chi connectivity index (χ0n) is 54.9. The number of amides is 2. The molecule has 2 saturated carbocycles. The van der Waals surface area contributed by atoms with Crippen molar-refractivity contribution in [1.29, 1.82) is 0 Å². The SMILES string of the molecule is C[C@@H]1[C@@H](C)C/C=C/[C@@](O)(c2cnc(Cl)n2C)[C@@H]2CC[C@H]2CN2C[C@@]3(CCCc4cc(Cl)ccc43)COc3ccc(cc32)C(=O)NS1(=O)=O.C[C@@H]1[C@@H](C)C/C=C/[C@](O)(c2cnc(Cl)n2C)[C@@H]2CC[C@H]2CN2C[C@@]3(CCCc4cc(Cl)ccc43)COc3ccc(cc32)C(=O)NS1(=O)=O. The number of imidazole rings is 2. The maximum atomic E-state index is 13.5. The van der Waals surface area contributed by atoms with Crippen LogP contribution in [0.1, 0.15) is 146 Å². The van der Waals surface area contributed by atoms with Gasteiger partial charge in [-0.2, -0.15) is 0 Å². The summed E-state index contributed by atoms with van der Waals surface area (Å²) in [4.78, 5) is 40.2. The van der Waals surface area contributed by atoms with Crippen LogP contribution in [-0.4, -0.2) is 108 Å². The highest BCUT2D eigenvalue weighted by atomic mass is 35.5. The van der Waals surface area contributed by atoms with E-state index in [0.717, 1.165) is 75.6 Å². The first-order valence-electron chi connectivity index (χ1n) is 33.5. The molecule has 0 radical (unpaired) electrons. The molecule has 2 fully saturated rings. The molecule has 4 aromatic carbocycles. The van der Waals surface area contributed by atoms with Gasteiger partial charge in [0.15, 0.2) is 0 Å². The van der Waals surface area contributed by atoms with Gasteiger partial charge in [-0.3, -0.25) is 9.59 Å². The molecule has 4 bridgehead atoms. The molecule has 4 aliphatic carbocycles. The van der Waals surface area contributed by atoms with Crippen molar-refractivity contribution in [3.63, 3.8) is 0 Å². The number of nitrogens with zero attached hydrogens (tertiary/aromatic N) is 6. The fourth-order valence-electron chi connectivity index (χ4n) is 16.6. The number of aromatic nitrogens is 4. The molecular formula is C72H84Cl4N8O10S2. The van der Waals surface area contributed by atoms with E-state index in [9.17, 15) is 36.6 Å². The van der Waals surface area contributed by atoms with Crippen molar-refractivity contribution in [2.24, 2.45) is 49.6 Å². The summed E-state index contributed by atoms with van der Waals surface area (Å²) in [6.45, 7) is 10.2. The average Bonchev–Trinajstić information content (AvgIpc) is 1.39. The molecule has 2 aromatic heterocycles. The fraction of sp³-hybridized carbons (Fsp3) is 0.500. The second-order valence-corrected chi connectivity index (χ2v) is 34.3. The fourth-order valence-corrected chi connectivity index (χ4v) is 19.8. The van der Waals surface area contributed by atoms with E-state index in [4.69, 9.17) is 55.9 Å². The van der Waals surface area contributed by atoms with Gasteiger partial charge in [-0.05, 0) is 221 Å². The maximum absolute atomic E-state index is 13.5. The summed E-state index contributed by atoms with van der Waals surface area (Å²) in [5.41, 5.74) is 4.60. The van der Waals surface area contributed by atoms with Gasteiger partial charge >= 0.3 is 0 Å². The Balaban J connectivity index is 0.000000174. The van der Waals surface area contributed by atoms with Crippen molar-refractivity contribution in [3.05, 3.63) is 175 Å². The number of benzene rings is 4. The first-order chi connectivity index (χ1) is 45.6. The Bertz CT molecular complexity index is 4060. The van der Waals surface area contributed by atoms with Crippen molar-refractivity contribution in [2.45, 2.75) is 137 Å². The molecular weight excluding hydrogens is 1340 g/mol. The number of halogens is 4. The van der Waals surface area contributed by atoms with E-state index in [1.165, 1.54) is 22.3 Å². The molecule has 12 atom stereocenters. The first-order valence-corrected chi connectivity index (χ1v) is 38.1. The van der Waals surface area contributed by atoms with Crippen LogP contribution in [0.3, 0.4) is 0 Å². The van der Waals surface area contributed by atoms with Gasteiger partial charge in [0, 0.05) is 84.1 Å². The molecule has 14 rings (SSSR count). The number of carbonyl (C=O) groups excluding carboxylic acids is 2. The van der Waals surface area contributed by atoms with Gasteiger partial charge in [0.05, 0.1) is 58.9 Å². The Labute approximate surface area is 582 Å². The lowest BCUT2D eigenvalue weighted by Gasteiger charge is -2.49. The number of aryl methyl sites for hydroxylation is 2. The summed E-state index contributed by atoms with van der Waals surface area (Å²) in [6.07, 6.45) is 20.5. The van der Waals surface area contributed by atoms with Crippen LogP contribution < -0.4 is 28.7 Å². The van der Waals surface area contributed by atoms with Crippen LogP contribution in [0.5, 0.6) is 11.5 Å². The van der Waals surface area contributed by atoms with Crippen LogP contribution in [0.25, 0.3) is 0 Å². The molecule has 8 aliphatic rings. The summed E-state index contributed by atoms with van der Waals surface area (Å²) in [7, 11) is -4.44. The van der Waals surface area contributed by atoms with E-state index in [1.54, 1.807) is 98.0 Å². The third kappa shape index (κ3) is 12.6. The first kappa shape index (κ1) is 68.4. The van der Waals surface area contributed by atoms with Crippen molar-refractivity contribution < 1.29 is 46.1 Å². The van der Waals surface area contributed by atoms with Gasteiger partial charge in [0.25, 0.3) is 11.8 Å². The highest BCUT2D eigenvalue weighted by molar-refractivity contribution is 7.91. The number of hydrogen-bond acceptors (Lipinski definition) is 14. The molecule has 4 N–H and O–H groups in total. The highest BCUT2D eigenvalue weighted by Gasteiger charge is 2.53. The maximum Gasteiger partial charge on any atom is 0.264 e. The van der Waals surface area contributed by atoms with E-state index in [1.807, 2.05) is 38.1 Å². The quantitative estimate of drug-likeness (QED) is 0.118. The number of fused-ring (bicyclic) bond motifs is 8. The molecule has 24 heteroatoms. The minimum Gasteiger partial charge on any atom is -0.490 e. The predicted octanol–water partition coefficient (Wildman–Crippen LogP) is 12.3. The van der Waals surface area contributed by atoms with Crippen molar-refractivity contribution in [1.82, 2.24) is 28.5 Å². The summed E-state index contributed by atoms with van der Waals surface area (Å²) in [5.74, 6) is -0.861. The predicted molar refractivity (Wildman–Crippen MR) is 375 cm³/mol. The molecule has 96 heavy (non-hydrogen) atoms. The lowest BCUT2D eigenvalue weighted by molar-refractivity contribution is -0.0549. The van der Waals surface area contributed by atoms with Crippen LogP contribution in [0.4, 0.5) is 11.4 Å². The lowest BCUT2D eigenvalue weighted by Crippen LogP contribution is -2.52. The Morgan fingerprint density at radius 2 is 0.969 bits per heavy atom. The molecule has 2 spiro atoms. The third-order valence-electron chi connectivity index (χ3n) is 23.0. The van der Waals surface area contributed by atoms with Crippen LogP contribution in [-0.2, 0) is 69.0 Å². The van der Waals surface area contributed by atoms with E-state index in [2.05, 4.69) is 53.5 Å². The largest absolute Gasteiger partial charge is 0.490 e. The Morgan fingerprint density at radius 1 is 0.562 bits per heavy atom. The van der Waals surface area contributed by atoms with Gasteiger partial charge in [-0.25, -0.2) is 36.2 Å². The van der Waals surface area contributed by atoms with Gasteiger partial charge in [0.1, 0.15) is 22.7 Å². The number of allylic oxidation sites excluding steroid dienone is 2. The van der Waals surface area contributed by atoms with E-state index < -0.39 is 53.6 Å². The molecule has 18 nitrogen and oxygen atoms in total. The van der Waals surface area contributed by atoms with Gasteiger partial charge in [0.2, 0.25) is 30.6 Å². The minimum atomic E-state index is -4.01. The van der Waals surface area contributed by atoms with Gasteiger partial charge in [-0.1, -0.05) is 73.5 Å². The zero-order chi connectivity index (χ0) is 68.0. The topological polar surface area (TPSA) is 228 Å². The summed E-state index contributed by atoms with van der Waals surface area (Å²) < 4.78 is 75.0. The zero-order valence-corrected chi connectivity index (χ0v) is 59.6. The summed E-state index contributed by atoms with van der Waals surface area (Å²) >= 11 is 25.7. The summed E-state index contributed by atoms with van der Waals surface area (Å²) in [6, 6.07) is 22.6. The standard InChI is InChI=1S/2C36H42Cl2N4O5S/c2*1-22-6-4-15-36(44,32-18-39-34(38)41(32)3)29-11-8-26(29)19-42-20-35(14-5-7-24-16-27(37)10-12-28(24)35)21-47-31-13-9-25(17-30(31)42)33(43)40-48(45,46)23(22)2/h2*4,9-10,12-13,15-18,22-23,26,29,44H,5-8,11,14,19-21H2,1-3H3,(H,40,43)/b2*15-4+/t22-,23+,26-,29+,35-,36+;22-,23+,26-,29+,35-,36-/m00/s1. The Kier molecular flexibility index (Phi) is 18.7. The second-order valence-electron chi connectivity index (χ2n) is 28.6. The molecule has 0 unspecified atom stereocenters. The molecule has 4 aliphatic heterocycles. The minimum absolute atomic E-state index is 0.0896. The highest BCUT2D eigenvalue weighted by Crippen LogP contribution is 2.54. The molecule has 6 aromatic rings. The second kappa shape index (κ2) is 26.2. The molecule has 6 heterocycles. The van der Waals surface area contributed by atoms with Crippen molar-refractivity contribution in [3.8, 4) is 11.5 Å². The molecule has 0 saturated heterocycles. The van der Waals surface area contributed by atoms with Crippen molar-refractivity contribution in [2.75, 3.05) is 49.2 Å². The lowest BCUT2D eigenvalue weighted by atomic mass is 9.63. The molecule has 512 valence electrons. The number of sulfonamides is 2. The number of ether oxygens (including phenoxy) is 2. The number of carbonyl (C=O) groups is 2. The number of aliphatic hydroxyl groups is 2. The summed E-state index contributed by atoms with van der Waals surface area (Å²) in [5, 5.41) is 25.5. The average molecular weight is 1430 g/mol. The Hall–Kier alpha value is -6.10. The van der Waals surface area contributed by atoms with Crippen LogP contribution in [0.2, 0.25) is 20.6 Å². The van der Waals surface area contributed by atoms with Crippen LogP contribution >= 0.6 is 46.4 Å². The number of anilines is 2. The van der Waals surface area contributed by atoms with Crippen molar-refractivity contribution >= 4 is 89.6 Å². The molecule has 2 amide bonds. The van der Waals surface area contributed by atoms with Crippen LogP contribution in [0.15, 0.2) is 109 Å². The van der Waals surface area contributed by atoms with E-state index in [-0.39, 0.29) is 68.0 Å². The van der Waals surface area contributed by atoms with Gasteiger partial charge in [-0.15, -0.1) is 0 Å². The number of rotatable bonds is 2. The monoisotopic (exact) mass is 1420 g/mol. The van der Waals surface area contributed by atoms with E-state index >= 15 is 0 Å². The number of hydrogen-bond donors (Lipinski definition) is 4. The van der Waals surface area contributed by atoms with E-state index in [0.29, 0.717) is 85.2 Å². The van der Waals surface area contributed by atoms with Gasteiger partial charge < -0.3 is 38.6 Å². The normalized spacial score (nSPS) is 32.2. The Morgan fingerprint density at radius 3 is 1.33 bits per heavy atom. The smallest absolute Gasteiger partial charge is 0.264 e. The van der Waals surface area contributed by atoms with Crippen LogP contribution in [0, 0.1) is 35.5 Å². The number of nitrogens with one attached hydrogen (secondary N) is 2. The third-order valence-corrected chi connectivity index (χ3v) is 28.0.